The smallest absolute Gasteiger partial charge is 0.224 e. The van der Waals surface area contributed by atoms with E-state index in [1.54, 1.807) is 0 Å². The molecule has 1 aromatic carbocycles. The lowest BCUT2D eigenvalue weighted by Crippen LogP contribution is -2.28. The molecule has 0 bridgehead atoms. The summed E-state index contributed by atoms with van der Waals surface area (Å²) in [5, 5.41) is 3.09. The van der Waals surface area contributed by atoms with Crippen LogP contribution in [0.25, 0.3) is 0 Å². The van der Waals surface area contributed by atoms with Crippen LogP contribution in [0.1, 0.15) is 0 Å². The molecular formula is C8H11B2NO2. The molecule has 66 valence electrons. The zero-order valence-corrected chi connectivity index (χ0v) is 7.67. The van der Waals surface area contributed by atoms with Crippen LogP contribution in [0.4, 0.5) is 0 Å². The van der Waals surface area contributed by atoms with Gasteiger partial charge in [-0.1, -0.05) is 11.5 Å². The summed E-state index contributed by atoms with van der Waals surface area (Å²) >= 11 is 0. The molecule has 1 N–H and O–H groups in total. The predicted molar refractivity (Wildman–Crippen MR) is 55.9 cm³/mol. The molecule has 0 atom stereocenters. The van der Waals surface area contributed by atoms with Gasteiger partial charge >= 0.3 is 0 Å². The van der Waals surface area contributed by atoms with Gasteiger partial charge in [0.1, 0.15) is 13.2 Å². The van der Waals surface area contributed by atoms with Crippen molar-refractivity contribution < 1.29 is 9.47 Å². The maximum absolute atomic E-state index is 5.46. The minimum absolute atomic E-state index is 0.649. The number of nitrogens with one attached hydrogen (secondary N) is 1. The molecule has 3 nitrogen and oxygen atoms in total. The summed E-state index contributed by atoms with van der Waals surface area (Å²) in [6, 6.07) is 6.02. The maximum Gasteiger partial charge on any atom is 0.224 e. The number of hydrogen-bond acceptors (Lipinski definition) is 3. The molecule has 0 fully saturated rings. The first-order valence-corrected chi connectivity index (χ1v) is 4.43. The van der Waals surface area contributed by atoms with Crippen LogP contribution < -0.4 is 20.1 Å². The number of rotatable bonds is 2. The molecule has 0 saturated heterocycles. The highest BCUT2D eigenvalue weighted by Gasteiger charge is 2.11. The lowest BCUT2D eigenvalue weighted by Gasteiger charge is -2.18. The van der Waals surface area contributed by atoms with Gasteiger partial charge < -0.3 is 14.6 Å². The van der Waals surface area contributed by atoms with Crippen LogP contribution in [0.2, 0.25) is 0 Å². The summed E-state index contributed by atoms with van der Waals surface area (Å²) in [7, 11) is 2.79. The topological polar surface area (TPSA) is 30.5 Å². The van der Waals surface area contributed by atoms with Crippen molar-refractivity contribution in [1.82, 2.24) is 5.14 Å². The Hall–Kier alpha value is -1.09. The molecule has 0 aromatic heterocycles. The van der Waals surface area contributed by atoms with Crippen LogP contribution >= 0.6 is 0 Å². The predicted octanol–water partition coefficient (Wildman–Crippen LogP) is -1.43. The molecule has 5 heteroatoms. The summed E-state index contributed by atoms with van der Waals surface area (Å²) < 4.78 is 10.9. The average molecular weight is 175 g/mol. The average Bonchev–Trinajstić information content (AvgIpc) is 2.18. The highest BCUT2D eigenvalue weighted by molar-refractivity contribution is 6.56. The summed E-state index contributed by atoms with van der Waals surface area (Å²) in [5.41, 5.74) is 1.21. The fourth-order valence-corrected chi connectivity index (χ4v) is 1.40. The van der Waals surface area contributed by atoms with Crippen molar-refractivity contribution >= 4 is 20.9 Å². The number of hydrogen-bond donors (Lipinski definition) is 1. The molecule has 2 rings (SSSR count). The van der Waals surface area contributed by atoms with Crippen molar-refractivity contribution in [3.8, 4) is 11.5 Å². The van der Waals surface area contributed by atoms with Crippen molar-refractivity contribution in [3.63, 3.8) is 0 Å². The van der Waals surface area contributed by atoms with Gasteiger partial charge in [-0.15, -0.1) is 0 Å². The van der Waals surface area contributed by atoms with Gasteiger partial charge in [-0.3, -0.25) is 0 Å². The second-order valence-electron chi connectivity index (χ2n) is 3.01. The molecule has 0 aliphatic carbocycles. The van der Waals surface area contributed by atoms with Crippen LogP contribution in [0.5, 0.6) is 11.5 Å². The van der Waals surface area contributed by atoms with Crippen LogP contribution in [0.3, 0.4) is 0 Å². The molecule has 1 aliphatic rings. The lowest BCUT2D eigenvalue weighted by molar-refractivity contribution is 0.172. The Balaban J connectivity index is 2.24. The molecule has 1 aliphatic heterocycles. The summed E-state index contributed by atoms with van der Waals surface area (Å²) in [4.78, 5) is 0. The van der Waals surface area contributed by atoms with Crippen molar-refractivity contribution in [2.75, 3.05) is 13.2 Å². The standard InChI is InChI=1S/C8H11B2NO2/c9-11-10-6-1-2-7-8(5-6)13-4-3-12-7/h1-2,5,10-11H,3-4,9H2. The minimum Gasteiger partial charge on any atom is -0.486 e. The Morgan fingerprint density at radius 2 is 2.00 bits per heavy atom. The molecule has 0 amide bonds. The second kappa shape index (κ2) is 3.75. The van der Waals surface area contributed by atoms with Crippen LogP contribution in [0.15, 0.2) is 18.2 Å². The number of fused-ring (bicyclic) bond motifs is 1. The second-order valence-corrected chi connectivity index (χ2v) is 3.01. The van der Waals surface area contributed by atoms with Gasteiger partial charge in [-0.25, -0.2) is 0 Å². The van der Waals surface area contributed by atoms with Crippen molar-refractivity contribution in [3.05, 3.63) is 18.2 Å². The summed E-state index contributed by atoms with van der Waals surface area (Å²) in [5.74, 6) is 1.71. The van der Waals surface area contributed by atoms with Gasteiger partial charge in [0.05, 0.1) is 0 Å². The zero-order chi connectivity index (χ0) is 9.10. The zero-order valence-electron chi connectivity index (χ0n) is 7.67. The molecule has 1 heterocycles. The van der Waals surface area contributed by atoms with Crippen LogP contribution in [-0.4, -0.2) is 28.6 Å². The normalized spacial score (nSPS) is 13.8. The first kappa shape index (κ1) is 8.51. The Labute approximate surface area is 79.1 Å². The SMILES string of the molecule is BNBc1ccc2c(c1)OCCO2. The largest absolute Gasteiger partial charge is 0.486 e. The van der Waals surface area contributed by atoms with Crippen molar-refractivity contribution in [2.45, 2.75) is 0 Å². The number of benzene rings is 1. The Morgan fingerprint density at radius 1 is 1.23 bits per heavy atom. The van der Waals surface area contributed by atoms with E-state index in [1.807, 2.05) is 26.2 Å². The Kier molecular flexibility index (Phi) is 2.45. The van der Waals surface area contributed by atoms with Crippen molar-refractivity contribution in [1.29, 1.82) is 0 Å². The van der Waals surface area contributed by atoms with Gasteiger partial charge in [-0.05, 0) is 12.1 Å². The quantitative estimate of drug-likeness (QED) is 0.559. The molecule has 0 saturated carbocycles. The van der Waals surface area contributed by atoms with E-state index in [0.29, 0.717) is 13.2 Å². The first-order valence-electron chi connectivity index (χ1n) is 4.43. The molecule has 0 unspecified atom stereocenters. The van der Waals surface area contributed by atoms with E-state index in [0.717, 1.165) is 18.9 Å². The Morgan fingerprint density at radius 3 is 2.77 bits per heavy atom. The van der Waals surface area contributed by atoms with E-state index in [4.69, 9.17) is 9.47 Å². The minimum atomic E-state index is 0.649. The molecule has 13 heavy (non-hydrogen) atoms. The third-order valence-corrected chi connectivity index (χ3v) is 1.99. The van der Waals surface area contributed by atoms with E-state index < -0.39 is 0 Å². The molecule has 0 spiro atoms. The molecular weight excluding hydrogens is 164 g/mol. The van der Waals surface area contributed by atoms with Crippen molar-refractivity contribution in [2.24, 2.45) is 0 Å². The van der Waals surface area contributed by atoms with Gasteiger partial charge in [0.15, 0.2) is 19.5 Å². The monoisotopic (exact) mass is 175 g/mol. The maximum atomic E-state index is 5.46. The molecule has 1 aromatic rings. The van der Waals surface area contributed by atoms with Gasteiger partial charge in [0.2, 0.25) is 7.41 Å². The Bertz CT molecular complexity index is 306. The van der Waals surface area contributed by atoms with Gasteiger partial charge in [0, 0.05) is 0 Å². The van der Waals surface area contributed by atoms with E-state index >= 15 is 0 Å². The van der Waals surface area contributed by atoms with Crippen LogP contribution in [0, 0.1) is 0 Å². The highest BCUT2D eigenvalue weighted by Crippen LogP contribution is 2.27. The van der Waals surface area contributed by atoms with E-state index in [-0.39, 0.29) is 0 Å². The third kappa shape index (κ3) is 1.80. The first-order chi connectivity index (χ1) is 6.40. The van der Waals surface area contributed by atoms with E-state index in [2.05, 4.69) is 5.14 Å². The van der Waals surface area contributed by atoms with E-state index in [9.17, 15) is 0 Å². The third-order valence-electron chi connectivity index (χ3n) is 1.99. The fraction of sp³-hybridized carbons (Fsp3) is 0.250. The van der Waals surface area contributed by atoms with E-state index in [1.165, 1.54) is 5.46 Å². The highest BCUT2D eigenvalue weighted by atomic mass is 16.6. The molecule has 0 radical (unpaired) electrons. The number of ether oxygens (including phenoxy) is 2. The van der Waals surface area contributed by atoms with Gasteiger partial charge in [0.25, 0.3) is 0 Å². The van der Waals surface area contributed by atoms with Gasteiger partial charge in [-0.2, -0.15) is 0 Å². The fourth-order valence-electron chi connectivity index (χ4n) is 1.40. The lowest BCUT2D eigenvalue weighted by atomic mass is 9.81. The summed E-state index contributed by atoms with van der Waals surface area (Å²) in [6.45, 7) is 1.30. The summed E-state index contributed by atoms with van der Waals surface area (Å²) in [6.07, 6.45) is 0. The van der Waals surface area contributed by atoms with Crippen LogP contribution in [-0.2, 0) is 0 Å².